The first-order chi connectivity index (χ1) is 13.3. The van der Waals surface area contributed by atoms with Gasteiger partial charge in [0, 0.05) is 17.6 Å². The summed E-state index contributed by atoms with van der Waals surface area (Å²) >= 11 is 0. The summed E-state index contributed by atoms with van der Waals surface area (Å²) in [5, 5.41) is 3.64. The molecule has 0 spiro atoms. The maximum Gasteiger partial charge on any atom is 0.225 e. The van der Waals surface area contributed by atoms with E-state index in [4.69, 9.17) is 0 Å². The van der Waals surface area contributed by atoms with E-state index < -0.39 is 0 Å². The first-order valence-electron chi connectivity index (χ1n) is 9.33. The first kappa shape index (κ1) is 14.7. The molecule has 0 N–H and O–H groups in total. The van der Waals surface area contributed by atoms with E-state index in [1.165, 1.54) is 44.2 Å². The molecular weight excluding hydrogens is 326 g/mol. The molecule has 0 fully saturated rings. The van der Waals surface area contributed by atoms with Crippen LogP contribution in [-0.2, 0) is 0 Å². The summed E-state index contributed by atoms with van der Waals surface area (Å²) in [7, 11) is 0. The van der Waals surface area contributed by atoms with Gasteiger partial charge in [0.1, 0.15) is 6.72 Å². The second-order valence-electron chi connectivity index (χ2n) is 7.42. The van der Waals surface area contributed by atoms with Crippen LogP contribution in [0.4, 0.5) is 0 Å². The van der Waals surface area contributed by atoms with Crippen LogP contribution in [0.15, 0.2) is 90.2 Å². The van der Waals surface area contributed by atoms with E-state index in [0.29, 0.717) is 5.92 Å². The molecule has 2 aromatic carbocycles. The standard InChI is InChI=1S/C26H18N/c1-27-14-13-17-5-2-3-8-23(17)26(27)22-15-20-11-9-18-6-4-7-19-10-12-21(16-22)25(20)24(18)19/h2-16,25H,1H2/q+1. The lowest BCUT2D eigenvalue weighted by Crippen LogP contribution is -2.37. The van der Waals surface area contributed by atoms with Crippen LogP contribution < -0.4 is 9.59 Å². The molecule has 0 unspecified atom stereocenters. The minimum Gasteiger partial charge on any atom is -0.173 e. The van der Waals surface area contributed by atoms with E-state index in [9.17, 15) is 0 Å². The summed E-state index contributed by atoms with van der Waals surface area (Å²) in [6, 6.07) is 17.2. The van der Waals surface area contributed by atoms with Crippen molar-refractivity contribution in [2.24, 2.45) is 0 Å². The summed E-state index contributed by atoms with van der Waals surface area (Å²) in [5.41, 5.74) is 8.07. The van der Waals surface area contributed by atoms with E-state index in [1.807, 2.05) is 4.24 Å². The highest BCUT2D eigenvalue weighted by atomic mass is 14.8. The fourth-order valence-electron chi connectivity index (χ4n) is 4.70. The van der Waals surface area contributed by atoms with Gasteiger partial charge < -0.3 is 0 Å². The van der Waals surface area contributed by atoms with Crippen molar-refractivity contribution in [3.63, 3.8) is 0 Å². The number of fused-ring (bicyclic) bond motifs is 1. The maximum atomic E-state index is 4.25. The second kappa shape index (κ2) is 5.28. The van der Waals surface area contributed by atoms with Crippen molar-refractivity contribution >= 4 is 28.5 Å². The van der Waals surface area contributed by atoms with Crippen molar-refractivity contribution < 1.29 is 4.24 Å². The number of allylic oxidation sites excluding steroid dienone is 6. The number of hydrogen-bond donors (Lipinski definition) is 0. The lowest BCUT2D eigenvalue weighted by molar-refractivity contribution is -0.511. The monoisotopic (exact) mass is 344 g/mol. The average molecular weight is 344 g/mol. The van der Waals surface area contributed by atoms with Crippen molar-refractivity contribution in [2.75, 3.05) is 0 Å². The molecule has 0 saturated carbocycles. The first-order valence-corrected chi connectivity index (χ1v) is 9.33. The normalized spacial score (nSPS) is 19.0. The van der Waals surface area contributed by atoms with Crippen molar-refractivity contribution in [3.05, 3.63) is 119 Å². The molecule has 0 bridgehead atoms. The van der Waals surface area contributed by atoms with E-state index in [2.05, 4.69) is 97.9 Å². The number of benzene rings is 2. The maximum absolute atomic E-state index is 4.25. The summed E-state index contributed by atoms with van der Waals surface area (Å²) in [6.07, 6.45) is 15.8. The quantitative estimate of drug-likeness (QED) is 0.525. The summed E-state index contributed by atoms with van der Waals surface area (Å²) in [6.45, 7) is 4.25. The van der Waals surface area contributed by atoms with Crippen LogP contribution in [0.25, 0.3) is 28.5 Å². The molecule has 126 valence electrons. The zero-order valence-electron chi connectivity index (χ0n) is 14.9. The van der Waals surface area contributed by atoms with Crippen LogP contribution in [0.1, 0.15) is 22.6 Å². The summed E-state index contributed by atoms with van der Waals surface area (Å²) < 4.78 is 1.99. The van der Waals surface area contributed by atoms with Crippen molar-refractivity contribution in [1.29, 1.82) is 0 Å². The van der Waals surface area contributed by atoms with Gasteiger partial charge in [0.05, 0.1) is 5.39 Å². The lowest BCUT2D eigenvalue weighted by atomic mass is 9.71. The van der Waals surface area contributed by atoms with Crippen molar-refractivity contribution in [3.8, 4) is 0 Å². The van der Waals surface area contributed by atoms with Crippen LogP contribution >= 0.6 is 0 Å². The number of hydrogen-bond acceptors (Lipinski definition) is 0. The molecule has 1 heterocycles. The number of aromatic nitrogens is 1. The largest absolute Gasteiger partial charge is 0.225 e. The van der Waals surface area contributed by atoms with Crippen LogP contribution in [0.3, 0.4) is 0 Å². The van der Waals surface area contributed by atoms with Gasteiger partial charge in [0.2, 0.25) is 5.35 Å². The highest BCUT2D eigenvalue weighted by Gasteiger charge is 2.31. The van der Waals surface area contributed by atoms with Crippen LogP contribution in [0.2, 0.25) is 0 Å². The smallest absolute Gasteiger partial charge is 0.173 e. The minimum atomic E-state index is 0.350. The molecule has 0 amide bonds. The Labute approximate surface area is 157 Å². The zero-order chi connectivity index (χ0) is 18.0. The Kier molecular flexibility index (Phi) is 2.87. The van der Waals surface area contributed by atoms with Gasteiger partial charge in [-0.05, 0) is 51.4 Å². The molecule has 0 atom stereocenters. The van der Waals surface area contributed by atoms with E-state index in [0.717, 1.165) is 5.35 Å². The Morgan fingerprint density at radius 3 is 2.19 bits per heavy atom. The van der Waals surface area contributed by atoms with Gasteiger partial charge in [-0.1, -0.05) is 60.7 Å². The van der Waals surface area contributed by atoms with Gasteiger partial charge in [-0.2, -0.15) is 4.24 Å². The van der Waals surface area contributed by atoms with E-state index in [1.54, 1.807) is 0 Å². The zero-order valence-corrected chi connectivity index (χ0v) is 14.9. The lowest BCUT2D eigenvalue weighted by Gasteiger charge is -2.32. The third kappa shape index (κ3) is 2.03. The van der Waals surface area contributed by atoms with E-state index >= 15 is 0 Å². The molecule has 0 saturated heterocycles. The number of rotatable bonds is 0. The average Bonchev–Trinajstić information content (AvgIpc) is 2.71. The molecule has 0 radical (unpaired) electrons. The Morgan fingerprint density at radius 1 is 0.741 bits per heavy atom. The Balaban J connectivity index is 1.72. The summed E-state index contributed by atoms with van der Waals surface area (Å²) in [5.74, 6) is 0.350. The van der Waals surface area contributed by atoms with Crippen LogP contribution in [-0.4, -0.2) is 0 Å². The molecule has 6 rings (SSSR count). The Hall–Kier alpha value is -3.45. The third-order valence-electron chi connectivity index (χ3n) is 5.89. The fraction of sp³-hybridized carbons (Fsp3) is 0.0385. The van der Waals surface area contributed by atoms with Crippen LogP contribution in [0, 0.1) is 6.72 Å². The summed E-state index contributed by atoms with van der Waals surface area (Å²) in [4.78, 5) is 0. The highest BCUT2D eigenvalue weighted by molar-refractivity contribution is 5.89. The molecular formula is C26H18N+. The van der Waals surface area contributed by atoms with Gasteiger partial charge in [-0.15, -0.1) is 0 Å². The highest BCUT2D eigenvalue weighted by Crippen LogP contribution is 2.47. The van der Waals surface area contributed by atoms with Gasteiger partial charge in [0.25, 0.3) is 0 Å². The minimum absolute atomic E-state index is 0.350. The van der Waals surface area contributed by atoms with Gasteiger partial charge in [-0.3, -0.25) is 0 Å². The number of nitrogens with zero attached hydrogens (tertiary/aromatic N) is 1. The SMILES string of the molecule is C=[n+]1ccc2ccccc2c1=C1C=C2C=Cc3cccc4c3C2C(=C1)C=C4. The molecule has 1 aromatic heterocycles. The molecule has 1 nitrogen and oxygen atoms in total. The van der Waals surface area contributed by atoms with Gasteiger partial charge in [-0.25, -0.2) is 0 Å². The van der Waals surface area contributed by atoms with Gasteiger partial charge >= 0.3 is 0 Å². The number of pyridine rings is 1. The Bertz CT molecular complexity index is 1330. The molecule has 1 heteroatoms. The Morgan fingerprint density at radius 2 is 1.44 bits per heavy atom. The fourth-order valence-corrected chi connectivity index (χ4v) is 4.70. The molecule has 3 aliphatic rings. The predicted molar refractivity (Wildman–Crippen MR) is 111 cm³/mol. The molecule has 3 aliphatic carbocycles. The second-order valence-corrected chi connectivity index (χ2v) is 7.42. The van der Waals surface area contributed by atoms with Gasteiger partial charge in [0.15, 0.2) is 6.20 Å². The molecule has 3 aromatic rings. The van der Waals surface area contributed by atoms with Crippen LogP contribution in [0.5, 0.6) is 0 Å². The van der Waals surface area contributed by atoms with Crippen molar-refractivity contribution in [2.45, 2.75) is 5.92 Å². The third-order valence-corrected chi connectivity index (χ3v) is 5.89. The topological polar surface area (TPSA) is 5.90 Å². The predicted octanol–water partition coefficient (Wildman–Crippen LogP) is 4.62. The van der Waals surface area contributed by atoms with E-state index in [-0.39, 0.29) is 0 Å². The van der Waals surface area contributed by atoms with Crippen molar-refractivity contribution in [1.82, 2.24) is 0 Å². The molecule has 0 aliphatic heterocycles. The molecule has 27 heavy (non-hydrogen) atoms.